The minimum Gasteiger partial charge on any atom is -0.338 e. The van der Waals surface area contributed by atoms with E-state index in [1.165, 1.54) is 11.2 Å². The number of fused-ring (bicyclic) bond motifs is 2. The van der Waals surface area contributed by atoms with Crippen molar-refractivity contribution in [2.75, 3.05) is 0 Å². The Morgan fingerprint density at radius 3 is 2.79 bits per heavy atom. The molecule has 138 valence electrons. The van der Waals surface area contributed by atoms with Crippen LogP contribution in [0.15, 0.2) is 66.7 Å². The number of hydrogen-bond acceptors (Lipinski definition) is 6. The maximum absolute atomic E-state index is 4.81. The number of rotatable bonds is 3. The monoisotopic (exact) mass is 395 g/mol. The predicted octanol–water partition coefficient (Wildman–Crippen LogP) is 4.69. The van der Waals surface area contributed by atoms with Crippen LogP contribution in [-0.4, -0.2) is 35.1 Å². The summed E-state index contributed by atoms with van der Waals surface area (Å²) in [7, 11) is 0. The van der Waals surface area contributed by atoms with Crippen molar-refractivity contribution in [2.24, 2.45) is 0 Å². The van der Waals surface area contributed by atoms with Gasteiger partial charge < -0.3 is 4.98 Å². The van der Waals surface area contributed by atoms with Crippen LogP contribution in [0.4, 0.5) is 0 Å². The van der Waals surface area contributed by atoms with Gasteiger partial charge in [-0.25, -0.2) is 19.9 Å². The molecule has 0 aromatic carbocycles. The van der Waals surface area contributed by atoms with Crippen LogP contribution in [0.1, 0.15) is 0 Å². The van der Waals surface area contributed by atoms with Crippen LogP contribution in [0.3, 0.4) is 0 Å². The molecule has 2 N–H and O–H groups in total. The average Bonchev–Trinajstić information content (AvgIpc) is 3.52. The van der Waals surface area contributed by atoms with Gasteiger partial charge in [-0.1, -0.05) is 6.07 Å². The summed E-state index contributed by atoms with van der Waals surface area (Å²) in [5, 5.41) is 10.7. The summed E-state index contributed by atoms with van der Waals surface area (Å²) in [4.78, 5) is 22.1. The lowest BCUT2D eigenvalue weighted by atomic mass is 10.1. The van der Waals surface area contributed by atoms with E-state index in [0.29, 0.717) is 0 Å². The third-order valence-corrected chi connectivity index (χ3v) is 5.74. The second-order valence-corrected chi connectivity index (χ2v) is 7.52. The third-order valence-electron chi connectivity index (χ3n) is 4.84. The first-order chi connectivity index (χ1) is 14.4. The Labute approximate surface area is 168 Å². The summed E-state index contributed by atoms with van der Waals surface area (Å²) in [6.07, 6.45) is 6.84. The standard InChI is InChI=1S/C21H13N7S/c1-2-18(29-7-1)13-5-6-24-21-14(13)8-17(26-21)20-19-16(27-28-20)4-3-15(25-19)12-9-22-11-23-10-12/h1-11H,(H,24,26)(H,27,28). The largest absolute Gasteiger partial charge is 0.338 e. The molecule has 0 aliphatic rings. The first kappa shape index (κ1) is 16.1. The molecule has 6 aromatic rings. The Balaban J connectivity index is 1.53. The molecular formula is C21H13N7S. The van der Waals surface area contributed by atoms with Gasteiger partial charge in [0, 0.05) is 40.0 Å². The normalized spacial score (nSPS) is 11.4. The van der Waals surface area contributed by atoms with Crippen molar-refractivity contribution in [1.29, 1.82) is 0 Å². The van der Waals surface area contributed by atoms with Gasteiger partial charge in [-0.3, -0.25) is 5.10 Å². The van der Waals surface area contributed by atoms with Crippen molar-refractivity contribution in [3.05, 3.63) is 66.7 Å². The van der Waals surface area contributed by atoms with Crippen LogP contribution in [0.5, 0.6) is 0 Å². The molecule has 0 fully saturated rings. The van der Waals surface area contributed by atoms with Crippen LogP contribution in [0.2, 0.25) is 0 Å². The fourth-order valence-electron chi connectivity index (χ4n) is 3.48. The third kappa shape index (κ3) is 2.61. The molecule has 7 nitrogen and oxygen atoms in total. The lowest BCUT2D eigenvalue weighted by molar-refractivity contribution is 1.12. The summed E-state index contributed by atoms with van der Waals surface area (Å²) in [6, 6.07) is 12.2. The first-order valence-corrected chi connectivity index (χ1v) is 9.87. The summed E-state index contributed by atoms with van der Waals surface area (Å²) in [5.41, 5.74) is 6.93. The zero-order valence-corrected chi connectivity index (χ0v) is 15.8. The van der Waals surface area contributed by atoms with E-state index in [2.05, 4.69) is 53.7 Å². The number of thiophene rings is 1. The molecule has 6 aromatic heterocycles. The van der Waals surface area contributed by atoms with Crippen LogP contribution in [0.25, 0.3) is 55.2 Å². The van der Waals surface area contributed by atoms with E-state index in [1.54, 1.807) is 23.7 Å². The number of H-pyrrole nitrogens is 2. The van der Waals surface area contributed by atoms with Gasteiger partial charge in [0.25, 0.3) is 0 Å². The number of hydrogen-bond donors (Lipinski definition) is 2. The number of pyridine rings is 2. The van der Waals surface area contributed by atoms with Gasteiger partial charge in [0.05, 0.1) is 16.9 Å². The SMILES string of the molecule is c1csc(-c2ccnc3[nH]c(-c4n[nH]c5ccc(-c6cncnc6)nc45)cc23)c1. The van der Waals surface area contributed by atoms with E-state index in [0.717, 1.165) is 50.3 Å². The highest BCUT2D eigenvalue weighted by atomic mass is 32.1. The van der Waals surface area contributed by atoms with Gasteiger partial charge in [-0.05, 0) is 35.7 Å². The molecule has 0 radical (unpaired) electrons. The first-order valence-electron chi connectivity index (χ1n) is 8.99. The highest BCUT2D eigenvalue weighted by molar-refractivity contribution is 7.13. The minimum absolute atomic E-state index is 0.758. The molecule has 0 saturated heterocycles. The summed E-state index contributed by atoms with van der Waals surface area (Å²) < 4.78 is 0. The Kier molecular flexibility index (Phi) is 3.50. The van der Waals surface area contributed by atoms with Gasteiger partial charge in [-0.2, -0.15) is 5.10 Å². The molecule has 0 aliphatic carbocycles. The predicted molar refractivity (Wildman–Crippen MR) is 113 cm³/mol. The van der Waals surface area contributed by atoms with Gasteiger partial charge in [0.15, 0.2) is 0 Å². The Bertz CT molecular complexity index is 1450. The molecule has 0 amide bonds. The van der Waals surface area contributed by atoms with Crippen molar-refractivity contribution < 1.29 is 0 Å². The number of nitrogens with zero attached hydrogens (tertiary/aromatic N) is 5. The molecule has 0 aliphatic heterocycles. The summed E-state index contributed by atoms with van der Waals surface area (Å²) in [5.74, 6) is 0. The van der Waals surface area contributed by atoms with Gasteiger partial charge in [0.1, 0.15) is 23.2 Å². The fraction of sp³-hybridized carbons (Fsp3) is 0. The van der Waals surface area contributed by atoms with Crippen molar-refractivity contribution in [1.82, 2.24) is 35.1 Å². The highest BCUT2D eigenvalue weighted by Gasteiger charge is 2.16. The number of nitrogens with one attached hydrogen (secondary N) is 2. The van der Waals surface area contributed by atoms with E-state index in [4.69, 9.17) is 4.98 Å². The van der Waals surface area contributed by atoms with E-state index in [-0.39, 0.29) is 0 Å². The molecule has 0 bridgehead atoms. The Morgan fingerprint density at radius 2 is 1.93 bits per heavy atom. The zero-order valence-electron chi connectivity index (χ0n) is 15.0. The van der Waals surface area contributed by atoms with Crippen molar-refractivity contribution >= 4 is 33.4 Å². The number of aromatic amines is 2. The lowest BCUT2D eigenvalue weighted by Gasteiger charge is -2.00. The van der Waals surface area contributed by atoms with Crippen molar-refractivity contribution in [3.63, 3.8) is 0 Å². The second-order valence-electron chi connectivity index (χ2n) is 6.57. The molecule has 0 atom stereocenters. The molecule has 0 unspecified atom stereocenters. The molecule has 6 rings (SSSR count). The van der Waals surface area contributed by atoms with Crippen LogP contribution in [0, 0.1) is 0 Å². The summed E-state index contributed by atoms with van der Waals surface area (Å²) in [6.45, 7) is 0. The Morgan fingerprint density at radius 1 is 1.00 bits per heavy atom. The van der Waals surface area contributed by atoms with Crippen LogP contribution in [-0.2, 0) is 0 Å². The van der Waals surface area contributed by atoms with Crippen LogP contribution < -0.4 is 0 Å². The smallest absolute Gasteiger partial charge is 0.138 e. The summed E-state index contributed by atoms with van der Waals surface area (Å²) >= 11 is 1.71. The topological polar surface area (TPSA) is 96.0 Å². The van der Waals surface area contributed by atoms with Gasteiger partial charge in [0.2, 0.25) is 0 Å². The van der Waals surface area contributed by atoms with Gasteiger partial charge >= 0.3 is 0 Å². The zero-order chi connectivity index (χ0) is 19.2. The van der Waals surface area contributed by atoms with E-state index < -0.39 is 0 Å². The van der Waals surface area contributed by atoms with E-state index >= 15 is 0 Å². The molecule has 8 heteroatoms. The van der Waals surface area contributed by atoms with E-state index in [1.807, 2.05) is 24.4 Å². The maximum atomic E-state index is 4.81. The molecule has 0 spiro atoms. The molecule has 29 heavy (non-hydrogen) atoms. The molecule has 6 heterocycles. The maximum Gasteiger partial charge on any atom is 0.138 e. The van der Waals surface area contributed by atoms with Crippen molar-refractivity contribution in [2.45, 2.75) is 0 Å². The minimum atomic E-state index is 0.758. The molecular weight excluding hydrogens is 382 g/mol. The van der Waals surface area contributed by atoms with E-state index in [9.17, 15) is 0 Å². The highest BCUT2D eigenvalue weighted by Crippen LogP contribution is 2.34. The average molecular weight is 395 g/mol. The van der Waals surface area contributed by atoms with Crippen LogP contribution >= 0.6 is 11.3 Å². The quantitative estimate of drug-likeness (QED) is 0.453. The fourth-order valence-corrected chi connectivity index (χ4v) is 4.25. The second kappa shape index (κ2) is 6.32. The number of aromatic nitrogens is 7. The van der Waals surface area contributed by atoms with Gasteiger partial charge in [-0.15, -0.1) is 11.3 Å². The Hall–Kier alpha value is -3.91. The van der Waals surface area contributed by atoms with Crippen molar-refractivity contribution in [3.8, 4) is 33.1 Å². The lowest BCUT2D eigenvalue weighted by Crippen LogP contribution is -1.87. The molecule has 0 saturated carbocycles.